The average Bonchev–Trinajstić information content (AvgIpc) is 3.44. The monoisotopic (exact) mass is 564 g/mol. The van der Waals surface area contributed by atoms with Gasteiger partial charge in [-0.25, -0.2) is 4.79 Å². The number of carbonyl (C=O) groups excluding carboxylic acids is 2. The molecule has 1 saturated heterocycles. The molecule has 0 radical (unpaired) electrons. The van der Waals surface area contributed by atoms with Crippen molar-refractivity contribution in [1.82, 2.24) is 4.90 Å². The van der Waals surface area contributed by atoms with E-state index in [1.165, 1.54) is 32.6 Å². The van der Waals surface area contributed by atoms with Gasteiger partial charge < -0.3 is 15.5 Å². The van der Waals surface area contributed by atoms with Gasteiger partial charge in [-0.15, -0.1) is 0 Å². The first-order chi connectivity index (χ1) is 18.9. The lowest BCUT2D eigenvalue weighted by molar-refractivity contribution is -0.114. The van der Waals surface area contributed by atoms with E-state index in [1.807, 2.05) is 53.4 Å². The van der Waals surface area contributed by atoms with Crippen LogP contribution in [0.25, 0.3) is 11.1 Å². The summed E-state index contributed by atoms with van der Waals surface area (Å²) in [6, 6.07) is 21.4. The third-order valence-corrected chi connectivity index (χ3v) is 8.14. The Morgan fingerprint density at radius 3 is 2.10 bits per heavy atom. The first kappa shape index (κ1) is 27.5. The molecule has 1 saturated carbocycles. The topological polar surface area (TPSA) is 64.7 Å². The highest BCUT2D eigenvalue weighted by Crippen LogP contribution is 2.32. The number of rotatable bonds is 6. The second kappa shape index (κ2) is 12.4. The van der Waals surface area contributed by atoms with Gasteiger partial charge in [0.05, 0.1) is 0 Å². The second-order valence-corrected chi connectivity index (χ2v) is 11.3. The van der Waals surface area contributed by atoms with Crippen molar-refractivity contribution in [2.24, 2.45) is 0 Å². The van der Waals surface area contributed by atoms with E-state index in [0.29, 0.717) is 21.8 Å². The highest BCUT2D eigenvalue weighted by atomic mass is 35.5. The number of piperidine rings is 1. The van der Waals surface area contributed by atoms with E-state index in [0.717, 1.165) is 48.4 Å². The van der Waals surface area contributed by atoms with E-state index < -0.39 is 0 Å². The Kier molecular flexibility index (Phi) is 8.75. The van der Waals surface area contributed by atoms with Crippen LogP contribution >= 0.6 is 23.2 Å². The van der Waals surface area contributed by atoms with Crippen LogP contribution < -0.4 is 15.5 Å². The second-order valence-electron chi connectivity index (χ2n) is 10.5. The van der Waals surface area contributed by atoms with Crippen LogP contribution in [0.1, 0.15) is 45.4 Å². The van der Waals surface area contributed by atoms with E-state index in [2.05, 4.69) is 15.5 Å². The van der Waals surface area contributed by atoms with Crippen LogP contribution in [0.4, 0.5) is 21.9 Å². The number of halogens is 2. The average molecular weight is 566 g/mol. The lowest BCUT2D eigenvalue weighted by Gasteiger charge is -2.40. The van der Waals surface area contributed by atoms with Gasteiger partial charge in [0.15, 0.2) is 0 Å². The van der Waals surface area contributed by atoms with E-state index in [4.69, 9.17) is 23.2 Å². The molecule has 6 nitrogen and oxygen atoms in total. The standard InChI is InChI=1S/C31H34Cl2N4O2/c1-21(38)34-26-6-4-5-23(17-26)22-9-11-29(12-10-22)37(31(39)35-27-19-24(32)18-25(33)20-27)30-13-15-36(16-14-30)28-7-2-3-8-28/h4-6,9-12,17-20,28,30H,2-3,7-8,13-16H2,1H3,(H,34,38)(H,35,39). The molecular weight excluding hydrogens is 531 g/mol. The summed E-state index contributed by atoms with van der Waals surface area (Å²) in [5, 5.41) is 6.80. The van der Waals surface area contributed by atoms with E-state index >= 15 is 0 Å². The molecule has 8 heteroatoms. The number of carbonyl (C=O) groups is 2. The highest BCUT2D eigenvalue weighted by Gasteiger charge is 2.32. The number of amides is 3. The molecule has 1 heterocycles. The molecule has 0 bridgehead atoms. The number of nitrogens with zero attached hydrogens (tertiary/aromatic N) is 2. The number of hydrogen-bond acceptors (Lipinski definition) is 3. The molecular formula is C31H34Cl2N4O2. The Morgan fingerprint density at radius 1 is 0.795 bits per heavy atom. The fraction of sp³-hybridized carbons (Fsp3) is 0.355. The molecule has 1 aliphatic heterocycles. The Bertz CT molecular complexity index is 1300. The van der Waals surface area contributed by atoms with Crippen LogP contribution in [0.15, 0.2) is 66.7 Å². The van der Waals surface area contributed by atoms with Crippen LogP contribution in [0, 0.1) is 0 Å². The molecule has 2 fully saturated rings. The minimum Gasteiger partial charge on any atom is -0.326 e. The Morgan fingerprint density at radius 2 is 1.46 bits per heavy atom. The third-order valence-electron chi connectivity index (χ3n) is 7.70. The molecule has 0 unspecified atom stereocenters. The first-order valence-electron chi connectivity index (χ1n) is 13.6. The zero-order chi connectivity index (χ0) is 27.4. The van der Waals surface area contributed by atoms with Crippen molar-refractivity contribution in [1.29, 1.82) is 0 Å². The molecule has 3 aromatic carbocycles. The van der Waals surface area contributed by atoms with Crippen molar-refractivity contribution in [3.05, 3.63) is 76.8 Å². The maximum atomic E-state index is 13.7. The minimum absolute atomic E-state index is 0.0752. The lowest BCUT2D eigenvalue weighted by atomic mass is 9.99. The molecule has 0 atom stereocenters. The van der Waals surface area contributed by atoms with Gasteiger partial charge >= 0.3 is 6.03 Å². The SMILES string of the molecule is CC(=O)Nc1cccc(-c2ccc(N(C(=O)Nc3cc(Cl)cc(Cl)c3)C3CCN(C4CCCC4)CC3)cc2)c1. The van der Waals surface area contributed by atoms with Gasteiger partial charge in [0.2, 0.25) is 5.91 Å². The normalized spacial score (nSPS) is 16.7. The van der Waals surface area contributed by atoms with Crippen LogP contribution in [-0.4, -0.2) is 42.0 Å². The molecule has 2 aliphatic rings. The van der Waals surface area contributed by atoms with E-state index in [9.17, 15) is 9.59 Å². The fourth-order valence-corrected chi connectivity index (χ4v) is 6.40. The first-order valence-corrected chi connectivity index (χ1v) is 14.4. The summed E-state index contributed by atoms with van der Waals surface area (Å²) in [5.74, 6) is -0.107. The predicted molar refractivity (Wildman–Crippen MR) is 161 cm³/mol. The van der Waals surface area contributed by atoms with Crippen LogP contribution in [0.2, 0.25) is 10.0 Å². The summed E-state index contributed by atoms with van der Waals surface area (Å²) in [6.07, 6.45) is 7.05. The number of anilines is 3. The Balaban J connectivity index is 1.38. The molecule has 1 aliphatic carbocycles. The van der Waals surface area contributed by atoms with Crippen LogP contribution in [-0.2, 0) is 4.79 Å². The molecule has 3 aromatic rings. The highest BCUT2D eigenvalue weighted by molar-refractivity contribution is 6.35. The van der Waals surface area contributed by atoms with Gasteiger partial charge in [-0.05, 0) is 79.3 Å². The number of nitrogens with one attached hydrogen (secondary N) is 2. The van der Waals surface area contributed by atoms with Crippen molar-refractivity contribution in [2.75, 3.05) is 28.6 Å². The maximum absolute atomic E-state index is 13.7. The minimum atomic E-state index is -0.201. The summed E-state index contributed by atoms with van der Waals surface area (Å²) >= 11 is 12.4. The van der Waals surface area contributed by atoms with Crippen molar-refractivity contribution in [3.63, 3.8) is 0 Å². The summed E-state index contributed by atoms with van der Waals surface area (Å²) in [4.78, 5) is 29.7. The van der Waals surface area contributed by atoms with Gasteiger partial charge in [0.25, 0.3) is 0 Å². The van der Waals surface area contributed by atoms with Crippen molar-refractivity contribution < 1.29 is 9.59 Å². The molecule has 3 amide bonds. The summed E-state index contributed by atoms with van der Waals surface area (Å²) in [5.41, 5.74) is 4.14. The fourth-order valence-electron chi connectivity index (χ4n) is 5.88. The van der Waals surface area contributed by atoms with Gasteiger partial charge in [0.1, 0.15) is 0 Å². The molecule has 0 aromatic heterocycles. The smallest absolute Gasteiger partial charge is 0.326 e. The van der Waals surface area contributed by atoms with Gasteiger partial charge in [-0.2, -0.15) is 0 Å². The zero-order valence-corrected chi connectivity index (χ0v) is 23.6. The Labute approximate surface area is 240 Å². The number of benzene rings is 3. The summed E-state index contributed by atoms with van der Waals surface area (Å²) in [6.45, 7) is 3.49. The lowest BCUT2D eigenvalue weighted by Crippen LogP contribution is -2.50. The molecule has 204 valence electrons. The number of urea groups is 1. The molecule has 2 N–H and O–H groups in total. The number of hydrogen-bond donors (Lipinski definition) is 2. The molecule has 39 heavy (non-hydrogen) atoms. The summed E-state index contributed by atoms with van der Waals surface area (Å²) < 4.78 is 0. The van der Waals surface area contributed by atoms with Gasteiger partial charge in [-0.1, -0.05) is 60.3 Å². The summed E-state index contributed by atoms with van der Waals surface area (Å²) in [7, 11) is 0. The molecule has 0 spiro atoms. The third kappa shape index (κ3) is 6.93. The largest absolute Gasteiger partial charge is 0.326 e. The van der Waals surface area contributed by atoms with Crippen molar-refractivity contribution in [3.8, 4) is 11.1 Å². The van der Waals surface area contributed by atoms with E-state index in [-0.39, 0.29) is 18.0 Å². The van der Waals surface area contributed by atoms with Gasteiger partial charge in [-0.3, -0.25) is 9.69 Å². The number of likely N-dealkylation sites (tertiary alicyclic amines) is 1. The van der Waals surface area contributed by atoms with Gasteiger partial charge in [0, 0.05) is 59.2 Å². The van der Waals surface area contributed by atoms with Crippen LogP contribution in [0.3, 0.4) is 0 Å². The Hall–Kier alpha value is -3.06. The van der Waals surface area contributed by atoms with Crippen LogP contribution in [0.5, 0.6) is 0 Å². The predicted octanol–water partition coefficient (Wildman–Crippen LogP) is 8.06. The van der Waals surface area contributed by atoms with E-state index in [1.54, 1.807) is 18.2 Å². The molecule has 5 rings (SSSR count). The van der Waals surface area contributed by atoms with Crippen molar-refractivity contribution >= 4 is 52.2 Å². The van der Waals surface area contributed by atoms with Crippen molar-refractivity contribution in [2.45, 2.75) is 57.5 Å². The quantitative estimate of drug-likeness (QED) is 0.318. The zero-order valence-electron chi connectivity index (χ0n) is 22.1. The maximum Gasteiger partial charge on any atom is 0.326 e.